The van der Waals surface area contributed by atoms with Crippen molar-refractivity contribution in [3.63, 3.8) is 0 Å². The molecule has 1 aromatic rings. The van der Waals surface area contributed by atoms with E-state index in [9.17, 15) is 9.59 Å². The van der Waals surface area contributed by atoms with Crippen LogP contribution in [0, 0.1) is 5.92 Å². The molecule has 0 bridgehead atoms. The molecule has 2 N–H and O–H groups in total. The second-order valence-electron chi connectivity index (χ2n) is 8.61. The van der Waals surface area contributed by atoms with Gasteiger partial charge in [-0.15, -0.1) is 0 Å². The van der Waals surface area contributed by atoms with Crippen LogP contribution in [0.5, 0.6) is 11.5 Å². The summed E-state index contributed by atoms with van der Waals surface area (Å²) >= 11 is 0. The molecule has 0 aliphatic carbocycles. The Bertz CT molecular complexity index is 819. The van der Waals surface area contributed by atoms with Crippen molar-refractivity contribution in [2.75, 3.05) is 20.3 Å². The predicted molar refractivity (Wildman–Crippen MR) is 129 cm³/mol. The van der Waals surface area contributed by atoms with E-state index in [2.05, 4.69) is 17.6 Å². The summed E-state index contributed by atoms with van der Waals surface area (Å²) in [6.07, 6.45) is 8.53. The Morgan fingerprint density at radius 3 is 2.36 bits per heavy atom. The molecule has 1 aliphatic rings. The zero-order valence-electron chi connectivity index (χ0n) is 20.8. The number of esters is 1. The lowest BCUT2D eigenvalue weighted by Crippen LogP contribution is -2.47. The number of hydrogen-bond donors (Lipinski definition) is 2. The van der Waals surface area contributed by atoms with Gasteiger partial charge in [-0.3, -0.25) is 0 Å². The highest BCUT2D eigenvalue weighted by atomic mass is 16.5. The molecule has 0 aromatic heterocycles. The molecule has 1 aromatic carbocycles. The van der Waals surface area contributed by atoms with Gasteiger partial charge in [0, 0.05) is 5.70 Å². The number of ether oxygens (including phenoxy) is 3. The lowest BCUT2D eigenvalue weighted by Gasteiger charge is -2.31. The number of allylic oxidation sites excluding steroid dienone is 1. The fourth-order valence-electron chi connectivity index (χ4n) is 3.95. The zero-order chi connectivity index (χ0) is 24.2. The first-order valence-electron chi connectivity index (χ1n) is 12.2. The molecule has 0 saturated carbocycles. The number of nitrogens with one attached hydrogen (secondary N) is 2. The third-order valence-electron chi connectivity index (χ3n) is 5.70. The Morgan fingerprint density at radius 1 is 1.03 bits per heavy atom. The minimum atomic E-state index is -0.638. The van der Waals surface area contributed by atoms with E-state index in [1.165, 1.54) is 32.1 Å². The van der Waals surface area contributed by atoms with Crippen LogP contribution in [0.1, 0.15) is 84.2 Å². The van der Waals surface area contributed by atoms with Crippen LogP contribution >= 0.6 is 0 Å². The summed E-state index contributed by atoms with van der Waals surface area (Å²) in [6, 6.07) is 4.52. The molecular formula is C26H40N2O5. The van der Waals surface area contributed by atoms with Crippen LogP contribution in [0.4, 0.5) is 4.79 Å². The van der Waals surface area contributed by atoms with Gasteiger partial charge in [-0.2, -0.15) is 0 Å². The number of amides is 2. The second-order valence-corrected chi connectivity index (χ2v) is 8.61. The average Bonchev–Trinajstić information content (AvgIpc) is 2.80. The second kappa shape index (κ2) is 13.8. The molecule has 33 heavy (non-hydrogen) atoms. The smallest absolute Gasteiger partial charge is 0.338 e. The van der Waals surface area contributed by atoms with Gasteiger partial charge in [0.15, 0.2) is 11.5 Å². The van der Waals surface area contributed by atoms with Crippen LogP contribution in [0.15, 0.2) is 29.5 Å². The number of hydrogen-bond acceptors (Lipinski definition) is 5. The fourth-order valence-corrected chi connectivity index (χ4v) is 3.95. The van der Waals surface area contributed by atoms with Crippen LogP contribution in [0.3, 0.4) is 0 Å². The molecule has 0 radical (unpaired) electrons. The van der Waals surface area contributed by atoms with Gasteiger partial charge in [0.05, 0.1) is 31.9 Å². The maximum absolute atomic E-state index is 12.8. The van der Waals surface area contributed by atoms with Crippen molar-refractivity contribution in [1.29, 1.82) is 0 Å². The highest BCUT2D eigenvalue weighted by molar-refractivity contribution is 5.95. The molecule has 1 atom stereocenters. The van der Waals surface area contributed by atoms with E-state index in [0.717, 1.165) is 18.4 Å². The Morgan fingerprint density at radius 2 is 1.73 bits per heavy atom. The Kier molecular flexibility index (Phi) is 11.1. The quantitative estimate of drug-likeness (QED) is 0.277. The van der Waals surface area contributed by atoms with Crippen LogP contribution < -0.4 is 20.1 Å². The number of benzene rings is 1. The van der Waals surface area contributed by atoms with Crippen molar-refractivity contribution in [1.82, 2.24) is 10.6 Å². The first-order valence-corrected chi connectivity index (χ1v) is 12.2. The van der Waals surface area contributed by atoms with Crippen LogP contribution in [-0.2, 0) is 9.53 Å². The van der Waals surface area contributed by atoms with Gasteiger partial charge >= 0.3 is 12.0 Å². The van der Waals surface area contributed by atoms with Crippen molar-refractivity contribution in [3.05, 3.63) is 35.0 Å². The molecule has 0 spiro atoms. The van der Waals surface area contributed by atoms with Gasteiger partial charge in [-0.25, -0.2) is 9.59 Å². The van der Waals surface area contributed by atoms with Gasteiger partial charge in [0.1, 0.15) is 0 Å². The van der Waals surface area contributed by atoms with Gasteiger partial charge in [-0.05, 0) is 37.0 Å². The lowest BCUT2D eigenvalue weighted by atomic mass is 9.91. The van der Waals surface area contributed by atoms with Crippen molar-refractivity contribution < 1.29 is 23.8 Å². The molecular weight excluding hydrogens is 420 g/mol. The van der Waals surface area contributed by atoms with Crippen molar-refractivity contribution in [3.8, 4) is 11.5 Å². The number of unbranched alkanes of at least 4 members (excludes halogenated alkanes) is 6. The van der Waals surface area contributed by atoms with Crippen LogP contribution in [-0.4, -0.2) is 32.3 Å². The molecule has 1 aliphatic heterocycles. The van der Waals surface area contributed by atoms with Crippen molar-refractivity contribution in [2.24, 2.45) is 5.92 Å². The largest absolute Gasteiger partial charge is 0.493 e. The number of rotatable bonds is 14. The summed E-state index contributed by atoms with van der Waals surface area (Å²) in [5.41, 5.74) is 1.71. The zero-order valence-corrected chi connectivity index (χ0v) is 20.8. The maximum atomic E-state index is 12.8. The van der Waals surface area contributed by atoms with Gasteiger partial charge in [0.2, 0.25) is 0 Å². The summed E-state index contributed by atoms with van der Waals surface area (Å²) in [4.78, 5) is 25.1. The van der Waals surface area contributed by atoms with E-state index >= 15 is 0 Å². The van der Waals surface area contributed by atoms with E-state index in [0.29, 0.717) is 29.4 Å². The molecule has 184 valence electrons. The third kappa shape index (κ3) is 7.69. The molecule has 7 nitrogen and oxygen atoms in total. The Balaban J connectivity index is 2.14. The molecule has 1 unspecified atom stereocenters. The first kappa shape index (κ1) is 26.6. The average molecular weight is 461 g/mol. The number of carbonyl (C=O) groups excluding carboxylic acids is 2. The van der Waals surface area contributed by atoms with Crippen LogP contribution in [0.25, 0.3) is 0 Å². The monoisotopic (exact) mass is 460 g/mol. The van der Waals surface area contributed by atoms with E-state index in [-0.39, 0.29) is 18.6 Å². The SMILES string of the molecule is CCCCCCCCCOc1ccc(C2NC(=O)NC(C(C)C)=C2C(=O)OCC)cc1OC. The number of carbonyl (C=O) groups is 2. The molecule has 1 heterocycles. The van der Waals surface area contributed by atoms with E-state index in [1.54, 1.807) is 14.0 Å². The summed E-state index contributed by atoms with van der Waals surface area (Å²) in [7, 11) is 1.59. The summed E-state index contributed by atoms with van der Waals surface area (Å²) in [6.45, 7) is 8.72. The third-order valence-corrected chi connectivity index (χ3v) is 5.70. The predicted octanol–water partition coefficient (Wildman–Crippen LogP) is 5.65. The minimum absolute atomic E-state index is 0.0515. The maximum Gasteiger partial charge on any atom is 0.338 e. The van der Waals surface area contributed by atoms with E-state index in [1.807, 2.05) is 32.0 Å². The molecule has 7 heteroatoms. The normalized spacial score (nSPS) is 15.8. The molecule has 0 fully saturated rings. The summed E-state index contributed by atoms with van der Waals surface area (Å²) < 4.78 is 16.8. The van der Waals surface area contributed by atoms with Crippen molar-refractivity contribution >= 4 is 12.0 Å². The standard InChI is InChI=1S/C26H40N2O5/c1-6-8-9-10-11-12-13-16-33-20-15-14-19(17-21(20)31-5)24-22(25(29)32-7-2)23(18(3)4)27-26(30)28-24/h14-15,17-18,24H,6-13,16H2,1-5H3,(H2,27,28,30). The van der Waals surface area contributed by atoms with Crippen LogP contribution in [0.2, 0.25) is 0 Å². The van der Waals surface area contributed by atoms with Crippen molar-refractivity contribution in [2.45, 2.75) is 78.7 Å². The lowest BCUT2D eigenvalue weighted by molar-refractivity contribution is -0.139. The molecule has 2 amide bonds. The summed E-state index contributed by atoms with van der Waals surface area (Å²) in [5, 5.41) is 5.63. The highest BCUT2D eigenvalue weighted by Crippen LogP contribution is 2.35. The number of urea groups is 1. The Hall–Kier alpha value is -2.70. The summed E-state index contributed by atoms with van der Waals surface area (Å²) in [5.74, 6) is 0.720. The topological polar surface area (TPSA) is 85.9 Å². The Labute approximate surface area is 198 Å². The molecule has 0 saturated heterocycles. The van der Waals surface area contributed by atoms with Gasteiger partial charge in [-0.1, -0.05) is 65.4 Å². The number of methoxy groups -OCH3 is 1. The van der Waals surface area contributed by atoms with Gasteiger partial charge in [0.25, 0.3) is 0 Å². The molecule has 2 rings (SSSR count). The minimum Gasteiger partial charge on any atom is -0.493 e. The fraction of sp³-hybridized carbons (Fsp3) is 0.615. The van der Waals surface area contributed by atoms with Gasteiger partial charge < -0.3 is 24.8 Å². The highest BCUT2D eigenvalue weighted by Gasteiger charge is 2.35. The van der Waals surface area contributed by atoms with E-state index in [4.69, 9.17) is 14.2 Å². The van der Waals surface area contributed by atoms with E-state index < -0.39 is 12.0 Å². The first-order chi connectivity index (χ1) is 15.9.